The van der Waals surface area contributed by atoms with Crippen LogP contribution in [0.15, 0.2) is 0 Å². The predicted molar refractivity (Wildman–Crippen MR) is 58.0 cm³/mol. The molecule has 0 aliphatic carbocycles. The molecule has 0 saturated carbocycles. The van der Waals surface area contributed by atoms with Gasteiger partial charge in [0.2, 0.25) is 0 Å². The Morgan fingerprint density at radius 2 is 1.36 bits per heavy atom. The number of hydrogen-bond donors (Lipinski definition) is 4. The van der Waals surface area contributed by atoms with Crippen molar-refractivity contribution >= 4 is 0 Å². The van der Waals surface area contributed by atoms with Crippen molar-refractivity contribution in [2.75, 3.05) is 13.1 Å². The minimum atomic E-state index is 0.396. The molecular weight excluding hydrogens is 176 g/mol. The fourth-order valence-electron chi connectivity index (χ4n) is 2.24. The number of rotatable bonds is 2. The van der Waals surface area contributed by atoms with E-state index in [-0.39, 0.29) is 0 Å². The van der Waals surface area contributed by atoms with Crippen LogP contribution in [-0.2, 0) is 0 Å². The Morgan fingerprint density at radius 3 is 1.79 bits per heavy atom. The molecule has 14 heavy (non-hydrogen) atoms. The van der Waals surface area contributed by atoms with Crippen LogP contribution in [0.4, 0.5) is 0 Å². The zero-order chi connectivity index (χ0) is 9.97. The zero-order valence-corrected chi connectivity index (χ0v) is 9.14. The molecule has 0 radical (unpaired) electrons. The fraction of sp³-hybridized carbons (Fsp3) is 1.00. The first kappa shape index (κ1) is 10.4. The van der Waals surface area contributed by atoms with Gasteiger partial charge in [0.15, 0.2) is 0 Å². The molecule has 2 rings (SSSR count). The highest BCUT2D eigenvalue weighted by atomic mass is 15.3. The van der Waals surface area contributed by atoms with E-state index in [0.29, 0.717) is 24.4 Å². The van der Waals surface area contributed by atoms with Gasteiger partial charge in [-0.05, 0) is 12.8 Å². The summed E-state index contributed by atoms with van der Waals surface area (Å²) in [7, 11) is 0. The van der Waals surface area contributed by atoms with Gasteiger partial charge in [0.25, 0.3) is 0 Å². The van der Waals surface area contributed by atoms with Crippen LogP contribution in [-0.4, -0.2) is 37.5 Å². The molecule has 2 aliphatic heterocycles. The predicted octanol–water partition coefficient (Wildman–Crippen LogP) is -0.419. The first-order chi connectivity index (χ1) is 6.83. The van der Waals surface area contributed by atoms with E-state index in [4.69, 9.17) is 0 Å². The molecule has 2 aliphatic rings. The molecule has 82 valence electrons. The zero-order valence-electron chi connectivity index (χ0n) is 9.14. The highest BCUT2D eigenvalue weighted by Crippen LogP contribution is 2.07. The van der Waals surface area contributed by atoms with Gasteiger partial charge in [-0.1, -0.05) is 13.8 Å². The minimum absolute atomic E-state index is 0.396. The van der Waals surface area contributed by atoms with Crippen LogP contribution in [0.1, 0.15) is 26.7 Å². The van der Waals surface area contributed by atoms with E-state index >= 15 is 0 Å². The first-order valence-corrected chi connectivity index (χ1v) is 5.82. The molecule has 2 heterocycles. The van der Waals surface area contributed by atoms with Crippen molar-refractivity contribution in [3.63, 3.8) is 0 Å². The highest BCUT2D eigenvalue weighted by Gasteiger charge is 2.32. The normalized spacial score (nSPS) is 43.3. The Morgan fingerprint density at radius 1 is 0.857 bits per heavy atom. The van der Waals surface area contributed by atoms with Gasteiger partial charge in [0.1, 0.15) is 0 Å². The van der Waals surface area contributed by atoms with Crippen LogP contribution in [0.3, 0.4) is 0 Å². The maximum absolute atomic E-state index is 3.63. The summed E-state index contributed by atoms with van der Waals surface area (Å²) >= 11 is 0. The second-order valence-electron chi connectivity index (χ2n) is 4.32. The maximum atomic E-state index is 3.63. The third kappa shape index (κ3) is 2.08. The van der Waals surface area contributed by atoms with Crippen molar-refractivity contribution in [3.05, 3.63) is 0 Å². The second-order valence-corrected chi connectivity index (χ2v) is 4.32. The van der Waals surface area contributed by atoms with Crippen molar-refractivity contribution in [1.82, 2.24) is 21.3 Å². The van der Waals surface area contributed by atoms with E-state index in [2.05, 4.69) is 35.1 Å². The molecule has 2 fully saturated rings. The third-order valence-electron chi connectivity index (χ3n) is 3.32. The average molecular weight is 198 g/mol. The van der Waals surface area contributed by atoms with E-state index in [1.54, 1.807) is 0 Å². The molecule has 4 nitrogen and oxygen atoms in total. The van der Waals surface area contributed by atoms with Crippen molar-refractivity contribution < 1.29 is 0 Å². The number of hydrogen-bond acceptors (Lipinski definition) is 4. The molecule has 0 aromatic carbocycles. The van der Waals surface area contributed by atoms with E-state index in [0.717, 1.165) is 13.1 Å². The van der Waals surface area contributed by atoms with E-state index in [1.165, 1.54) is 12.8 Å². The van der Waals surface area contributed by atoms with E-state index in [1.807, 2.05) is 0 Å². The van der Waals surface area contributed by atoms with Gasteiger partial charge in [-0.25, -0.2) is 0 Å². The van der Waals surface area contributed by atoms with Gasteiger partial charge >= 0.3 is 0 Å². The molecule has 2 saturated heterocycles. The number of piperazine rings is 2. The fourth-order valence-corrected chi connectivity index (χ4v) is 2.24. The van der Waals surface area contributed by atoms with Crippen LogP contribution >= 0.6 is 0 Å². The lowest BCUT2D eigenvalue weighted by Gasteiger charge is -2.44. The molecule has 0 aromatic heterocycles. The molecule has 0 amide bonds. The van der Waals surface area contributed by atoms with E-state index in [9.17, 15) is 0 Å². The van der Waals surface area contributed by atoms with Crippen LogP contribution in [0.25, 0.3) is 0 Å². The molecular formula is C10H22N4. The minimum Gasteiger partial charge on any atom is -0.298 e. The lowest BCUT2D eigenvalue weighted by Crippen LogP contribution is -2.75. The van der Waals surface area contributed by atoms with Gasteiger partial charge in [-0.15, -0.1) is 0 Å². The van der Waals surface area contributed by atoms with Crippen molar-refractivity contribution in [1.29, 1.82) is 0 Å². The topological polar surface area (TPSA) is 48.1 Å². The van der Waals surface area contributed by atoms with Crippen molar-refractivity contribution in [2.24, 2.45) is 0 Å². The summed E-state index contributed by atoms with van der Waals surface area (Å²) in [4.78, 5) is 0. The first-order valence-electron chi connectivity index (χ1n) is 5.82. The van der Waals surface area contributed by atoms with Crippen molar-refractivity contribution in [3.8, 4) is 0 Å². The summed E-state index contributed by atoms with van der Waals surface area (Å²) in [6, 6.07) is 1.22. The Kier molecular flexibility index (Phi) is 3.38. The Labute approximate surface area is 86.2 Å². The van der Waals surface area contributed by atoms with Crippen LogP contribution in [0.5, 0.6) is 0 Å². The number of nitrogens with one attached hydrogen (secondary N) is 4. The molecule has 4 heteroatoms. The number of fused-ring (bicyclic) bond motifs is 1. The summed E-state index contributed by atoms with van der Waals surface area (Å²) in [5.41, 5.74) is 0. The second kappa shape index (κ2) is 4.57. The lowest BCUT2D eigenvalue weighted by atomic mass is 10.1. The smallest absolute Gasteiger partial charge is 0.0871 e. The quantitative estimate of drug-likeness (QED) is 0.487. The Bertz CT molecular complexity index is 167. The van der Waals surface area contributed by atoms with Gasteiger partial charge in [-0.3, -0.25) is 21.3 Å². The van der Waals surface area contributed by atoms with Gasteiger partial charge in [0, 0.05) is 25.2 Å². The van der Waals surface area contributed by atoms with Crippen LogP contribution < -0.4 is 21.3 Å². The van der Waals surface area contributed by atoms with Crippen LogP contribution in [0.2, 0.25) is 0 Å². The highest BCUT2D eigenvalue weighted by molar-refractivity contribution is 4.94. The monoisotopic (exact) mass is 198 g/mol. The summed E-state index contributed by atoms with van der Waals surface area (Å²) in [6.45, 7) is 6.60. The standard InChI is InChI=1S/C10H22N4/c1-3-7-5-11-9-10(13-7)14-8(4-2)6-12-9/h7-14H,3-6H2,1-2H3. The molecule has 2 atom stereocenters. The molecule has 0 bridgehead atoms. The van der Waals surface area contributed by atoms with Crippen molar-refractivity contribution in [2.45, 2.75) is 51.1 Å². The average Bonchev–Trinajstić information content (AvgIpc) is 2.27. The van der Waals surface area contributed by atoms with Gasteiger partial charge < -0.3 is 0 Å². The van der Waals surface area contributed by atoms with E-state index < -0.39 is 0 Å². The Balaban J connectivity index is 1.90. The molecule has 2 unspecified atom stereocenters. The summed E-state index contributed by atoms with van der Waals surface area (Å²) in [5.74, 6) is 0. The lowest BCUT2D eigenvalue weighted by molar-refractivity contribution is 0.148. The maximum Gasteiger partial charge on any atom is 0.0871 e. The molecule has 0 aromatic rings. The van der Waals surface area contributed by atoms with Gasteiger partial charge in [0.05, 0.1) is 12.3 Å². The van der Waals surface area contributed by atoms with Gasteiger partial charge in [-0.2, -0.15) is 0 Å². The molecule has 0 spiro atoms. The Hall–Kier alpha value is -0.160. The SMILES string of the molecule is CCC1CNC2NCC(CC)NC2N1. The van der Waals surface area contributed by atoms with Crippen LogP contribution in [0, 0.1) is 0 Å². The summed E-state index contributed by atoms with van der Waals surface area (Å²) in [6.07, 6.45) is 3.18. The molecule has 4 N–H and O–H groups in total. The largest absolute Gasteiger partial charge is 0.298 e. The summed E-state index contributed by atoms with van der Waals surface area (Å²) < 4.78 is 0. The summed E-state index contributed by atoms with van der Waals surface area (Å²) in [5, 5.41) is 14.3. The third-order valence-corrected chi connectivity index (χ3v) is 3.32.